The van der Waals surface area contributed by atoms with Gasteiger partial charge in [-0.15, -0.1) is 0 Å². The zero-order valence-electron chi connectivity index (χ0n) is 17.3. The fourth-order valence-electron chi connectivity index (χ4n) is 2.21. The Bertz CT molecular complexity index is 499. The molecule has 0 aliphatic heterocycles. The minimum absolute atomic E-state index is 0.145. The average Bonchev–Trinajstić information content (AvgIpc) is 2.68. The molecule has 0 radical (unpaired) electrons. The number of hydrogen-bond donors (Lipinski definition) is 3. The van der Waals surface area contributed by atoms with E-state index >= 15 is 0 Å². The monoisotopic (exact) mass is 442 g/mol. The number of esters is 2. The molecule has 0 saturated heterocycles. The molecule has 0 bridgehead atoms. The van der Waals surface area contributed by atoms with Crippen LogP contribution in [0.3, 0.4) is 0 Å². The van der Waals surface area contributed by atoms with Crippen molar-refractivity contribution >= 4 is 19.8 Å². The highest BCUT2D eigenvalue weighted by Gasteiger charge is 2.27. The lowest BCUT2D eigenvalue weighted by Gasteiger charge is -2.20. The van der Waals surface area contributed by atoms with Crippen LogP contribution in [-0.2, 0) is 32.7 Å². The second-order valence-corrected chi connectivity index (χ2v) is 8.02. The summed E-state index contributed by atoms with van der Waals surface area (Å²) in [6.07, 6.45) is 3.46. The molecular formula is C18H35O10P. The molecule has 0 aliphatic rings. The third-order valence-corrected chi connectivity index (χ3v) is 4.74. The summed E-state index contributed by atoms with van der Waals surface area (Å²) >= 11 is 0. The molecule has 0 heterocycles. The number of unbranched alkanes of at least 4 members (excludes halogenated alkanes) is 4. The van der Waals surface area contributed by atoms with Gasteiger partial charge in [0.05, 0.1) is 26.4 Å². The molecule has 0 rings (SSSR count). The van der Waals surface area contributed by atoms with Crippen LogP contribution in [0.25, 0.3) is 0 Å². The Labute approximate surface area is 172 Å². The summed E-state index contributed by atoms with van der Waals surface area (Å²) in [7, 11) is -4.57. The van der Waals surface area contributed by atoms with Crippen molar-refractivity contribution < 1.29 is 47.8 Å². The van der Waals surface area contributed by atoms with Crippen molar-refractivity contribution in [2.75, 3.05) is 26.4 Å². The lowest BCUT2D eigenvalue weighted by atomic mass is 10.1. The lowest BCUT2D eigenvalue weighted by molar-refractivity contribution is -0.153. The molecule has 3 atom stereocenters. The van der Waals surface area contributed by atoms with Gasteiger partial charge in [-0.1, -0.05) is 39.5 Å². The van der Waals surface area contributed by atoms with Crippen molar-refractivity contribution in [2.45, 2.75) is 77.4 Å². The van der Waals surface area contributed by atoms with Gasteiger partial charge in [0.1, 0.15) is 12.2 Å². The second-order valence-electron chi connectivity index (χ2n) is 6.56. The molecule has 0 aromatic rings. The fraction of sp³-hybridized carbons (Fsp3) is 0.889. The molecule has 0 aromatic heterocycles. The molecule has 172 valence electrons. The Morgan fingerprint density at radius 2 is 1.28 bits per heavy atom. The van der Waals surface area contributed by atoms with Crippen LogP contribution < -0.4 is 0 Å². The van der Waals surface area contributed by atoms with Crippen LogP contribution in [0.2, 0.25) is 0 Å². The van der Waals surface area contributed by atoms with E-state index in [1.807, 2.05) is 0 Å². The van der Waals surface area contributed by atoms with Gasteiger partial charge < -0.3 is 24.6 Å². The highest BCUT2D eigenvalue weighted by Crippen LogP contribution is 2.43. The number of phosphoric ester groups is 1. The van der Waals surface area contributed by atoms with Gasteiger partial charge in [0.25, 0.3) is 0 Å². The average molecular weight is 442 g/mol. The Morgan fingerprint density at radius 3 is 1.72 bits per heavy atom. The van der Waals surface area contributed by atoms with Crippen molar-refractivity contribution in [3.05, 3.63) is 0 Å². The molecule has 0 fully saturated rings. The van der Waals surface area contributed by atoms with E-state index in [1.54, 1.807) is 6.92 Å². The van der Waals surface area contributed by atoms with Gasteiger partial charge in [-0.25, -0.2) is 4.57 Å². The molecule has 0 saturated carbocycles. The first-order valence-electron chi connectivity index (χ1n) is 10.00. The minimum atomic E-state index is -4.57. The Morgan fingerprint density at radius 1 is 0.793 bits per heavy atom. The highest BCUT2D eigenvalue weighted by atomic mass is 31.2. The Balaban J connectivity index is 4.26. The van der Waals surface area contributed by atoms with Gasteiger partial charge in [-0.05, 0) is 12.8 Å². The van der Waals surface area contributed by atoms with Gasteiger partial charge >= 0.3 is 19.8 Å². The normalized spacial score (nSPS) is 15.3. The maximum absolute atomic E-state index is 11.9. The second kappa shape index (κ2) is 16.7. The van der Waals surface area contributed by atoms with Crippen molar-refractivity contribution in [3.8, 4) is 0 Å². The topological polar surface area (TPSA) is 149 Å². The summed E-state index contributed by atoms with van der Waals surface area (Å²) in [5, 5.41) is 18.4. The van der Waals surface area contributed by atoms with E-state index < -0.39 is 58.4 Å². The van der Waals surface area contributed by atoms with Crippen LogP contribution in [0.15, 0.2) is 0 Å². The Kier molecular flexibility index (Phi) is 16.1. The molecular weight excluding hydrogens is 407 g/mol. The SMILES string of the molecule is CCCCCCCC(=O)OC(CO)COP(=O)(O)OCC(CO)OC(=O)CCC. The predicted molar refractivity (Wildman–Crippen MR) is 104 cm³/mol. The van der Waals surface area contributed by atoms with Crippen LogP contribution in [0.5, 0.6) is 0 Å². The molecule has 0 aromatic carbocycles. The minimum Gasteiger partial charge on any atom is -0.457 e. The van der Waals surface area contributed by atoms with Crippen molar-refractivity contribution in [1.82, 2.24) is 0 Å². The zero-order valence-corrected chi connectivity index (χ0v) is 18.2. The van der Waals surface area contributed by atoms with Crippen LogP contribution in [0.1, 0.15) is 65.2 Å². The number of aliphatic hydroxyl groups is 2. The van der Waals surface area contributed by atoms with E-state index in [2.05, 4.69) is 6.92 Å². The number of ether oxygens (including phenoxy) is 2. The summed E-state index contributed by atoms with van der Waals surface area (Å²) in [5.74, 6) is -1.09. The maximum atomic E-state index is 11.9. The standard InChI is InChI=1S/C18H35O10P/c1-3-5-6-7-8-10-18(22)28-16(12-20)14-26-29(23,24)25-13-15(11-19)27-17(21)9-4-2/h15-16,19-20H,3-14H2,1-2H3,(H,23,24). The van der Waals surface area contributed by atoms with Crippen molar-refractivity contribution in [1.29, 1.82) is 0 Å². The quantitative estimate of drug-likeness (QED) is 0.164. The van der Waals surface area contributed by atoms with Gasteiger partial charge in [0.2, 0.25) is 0 Å². The first-order valence-corrected chi connectivity index (χ1v) is 11.5. The van der Waals surface area contributed by atoms with Crippen LogP contribution >= 0.6 is 7.82 Å². The molecule has 0 aliphatic carbocycles. The number of hydrogen-bond acceptors (Lipinski definition) is 9. The number of rotatable bonds is 18. The number of carbonyl (C=O) groups is 2. The summed E-state index contributed by atoms with van der Waals surface area (Å²) in [5.41, 5.74) is 0. The third kappa shape index (κ3) is 15.5. The third-order valence-electron chi connectivity index (χ3n) is 3.79. The van der Waals surface area contributed by atoms with E-state index in [-0.39, 0.29) is 12.8 Å². The lowest BCUT2D eigenvalue weighted by Crippen LogP contribution is -2.28. The number of phosphoric acid groups is 1. The van der Waals surface area contributed by atoms with Crippen LogP contribution in [-0.4, -0.2) is 65.7 Å². The van der Waals surface area contributed by atoms with E-state index in [0.717, 1.165) is 25.7 Å². The first-order chi connectivity index (χ1) is 13.8. The van der Waals surface area contributed by atoms with Gasteiger partial charge in [0, 0.05) is 12.8 Å². The summed E-state index contributed by atoms with van der Waals surface area (Å²) < 4.78 is 31.2. The summed E-state index contributed by atoms with van der Waals surface area (Å²) in [6.45, 7) is 1.58. The van der Waals surface area contributed by atoms with Crippen LogP contribution in [0, 0.1) is 0 Å². The molecule has 3 N–H and O–H groups in total. The molecule has 0 amide bonds. The zero-order chi connectivity index (χ0) is 22.1. The molecule has 11 heteroatoms. The number of carbonyl (C=O) groups excluding carboxylic acids is 2. The van der Waals surface area contributed by atoms with Crippen molar-refractivity contribution in [2.24, 2.45) is 0 Å². The molecule has 3 unspecified atom stereocenters. The molecule has 29 heavy (non-hydrogen) atoms. The number of aliphatic hydroxyl groups excluding tert-OH is 2. The maximum Gasteiger partial charge on any atom is 0.472 e. The highest BCUT2D eigenvalue weighted by molar-refractivity contribution is 7.47. The fourth-order valence-corrected chi connectivity index (χ4v) is 2.99. The first kappa shape index (κ1) is 28.0. The summed E-state index contributed by atoms with van der Waals surface area (Å²) in [4.78, 5) is 32.8. The van der Waals surface area contributed by atoms with E-state index in [1.165, 1.54) is 0 Å². The Hall–Kier alpha value is -1.03. The molecule has 0 spiro atoms. The van der Waals surface area contributed by atoms with Crippen molar-refractivity contribution in [3.63, 3.8) is 0 Å². The van der Waals surface area contributed by atoms with E-state index in [4.69, 9.17) is 23.6 Å². The molecule has 10 nitrogen and oxygen atoms in total. The van der Waals surface area contributed by atoms with E-state index in [0.29, 0.717) is 12.8 Å². The van der Waals surface area contributed by atoms with Gasteiger partial charge in [-0.2, -0.15) is 0 Å². The largest absolute Gasteiger partial charge is 0.472 e. The summed E-state index contributed by atoms with van der Waals surface area (Å²) in [6, 6.07) is 0. The smallest absolute Gasteiger partial charge is 0.457 e. The van der Waals surface area contributed by atoms with Gasteiger partial charge in [0.15, 0.2) is 0 Å². The van der Waals surface area contributed by atoms with E-state index in [9.17, 15) is 24.2 Å². The predicted octanol–water partition coefficient (Wildman–Crippen LogP) is 2.09. The van der Waals surface area contributed by atoms with Gasteiger partial charge in [-0.3, -0.25) is 18.6 Å². The van der Waals surface area contributed by atoms with Crippen LogP contribution in [0.4, 0.5) is 0 Å².